The zero-order chi connectivity index (χ0) is 16.8. The van der Waals surface area contributed by atoms with Crippen LogP contribution in [-0.2, 0) is 0 Å². The van der Waals surface area contributed by atoms with E-state index >= 15 is 0 Å². The first-order valence-corrected chi connectivity index (χ1v) is 9.27. The van der Waals surface area contributed by atoms with Gasteiger partial charge < -0.3 is 9.47 Å². The molecule has 0 spiro atoms. The summed E-state index contributed by atoms with van der Waals surface area (Å²) in [5, 5.41) is 14.1. The van der Waals surface area contributed by atoms with Crippen molar-refractivity contribution in [3.63, 3.8) is 0 Å². The predicted molar refractivity (Wildman–Crippen MR) is 98.2 cm³/mol. The molecule has 2 aromatic heterocycles. The van der Waals surface area contributed by atoms with Crippen molar-refractivity contribution in [3.05, 3.63) is 46.9 Å². The summed E-state index contributed by atoms with van der Waals surface area (Å²) in [6.07, 6.45) is 0. The third-order valence-corrected chi connectivity index (χ3v) is 5.30. The lowest BCUT2D eigenvalue weighted by Crippen LogP contribution is -2.15. The lowest BCUT2D eigenvalue weighted by atomic mass is 10.2. The average molecular weight is 415 g/mol. The molecule has 0 aliphatic carbocycles. The fourth-order valence-electron chi connectivity index (χ4n) is 2.72. The molecule has 0 amide bonds. The molecule has 0 bridgehead atoms. The number of ether oxygens (including phenoxy) is 2. The second kappa shape index (κ2) is 5.82. The van der Waals surface area contributed by atoms with Crippen LogP contribution in [0.3, 0.4) is 0 Å². The van der Waals surface area contributed by atoms with E-state index in [0.717, 1.165) is 42.9 Å². The van der Waals surface area contributed by atoms with Gasteiger partial charge in [-0.25, -0.2) is 0 Å². The first kappa shape index (κ1) is 14.9. The molecule has 1 aliphatic heterocycles. The summed E-state index contributed by atoms with van der Waals surface area (Å²) >= 11 is 4.98. The Morgan fingerprint density at radius 2 is 1.84 bits per heavy atom. The fraction of sp³-hybridized carbons (Fsp3) is 0.118. The first-order valence-electron chi connectivity index (χ1n) is 7.66. The minimum absolute atomic E-state index is 0.564. The van der Waals surface area contributed by atoms with E-state index in [-0.39, 0.29) is 0 Å². The van der Waals surface area contributed by atoms with E-state index in [1.165, 1.54) is 11.3 Å². The first-order chi connectivity index (χ1) is 12.3. The van der Waals surface area contributed by atoms with Gasteiger partial charge in [0, 0.05) is 15.6 Å². The van der Waals surface area contributed by atoms with Gasteiger partial charge in [0.1, 0.15) is 18.2 Å². The lowest BCUT2D eigenvalue weighted by Gasteiger charge is -2.18. The number of hydrogen-bond acceptors (Lipinski definition) is 6. The standard InChI is InChI=1S/C17H11BrN4O2S/c18-12-3-1-2-10(8-12)15-19-20-17-22(15)21-16(25-17)11-4-5-13-14(9-11)24-7-6-23-13/h1-5,8-9H,6-7H2. The predicted octanol–water partition coefficient (Wildman–Crippen LogP) is 4.05. The topological polar surface area (TPSA) is 61.5 Å². The Bertz CT molecular complexity index is 1090. The maximum atomic E-state index is 5.66. The second-order valence-electron chi connectivity index (χ2n) is 5.49. The van der Waals surface area contributed by atoms with E-state index < -0.39 is 0 Å². The molecule has 0 N–H and O–H groups in total. The van der Waals surface area contributed by atoms with E-state index in [0.29, 0.717) is 13.2 Å². The van der Waals surface area contributed by atoms with Crippen LogP contribution in [0, 0.1) is 0 Å². The summed E-state index contributed by atoms with van der Waals surface area (Å²) in [7, 11) is 0. The molecule has 1 aliphatic rings. The van der Waals surface area contributed by atoms with Crippen LogP contribution in [0.5, 0.6) is 11.5 Å². The zero-order valence-corrected chi connectivity index (χ0v) is 15.2. The summed E-state index contributed by atoms with van der Waals surface area (Å²) < 4.78 is 14.0. The number of fused-ring (bicyclic) bond motifs is 2. The number of nitrogens with zero attached hydrogens (tertiary/aromatic N) is 4. The molecular formula is C17H11BrN4O2S. The van der Waals surface area contributed by atoms with Gasteiger partial charge in [0.15, 0.2) is 17.3 Å². The van der Waals surface area contributed by atoms with Crippen LogP contribution in [0.2, 0.25) is 0 Å². The van der Waals surface area contributed by atoms with Gasteiger partial charge in [-0.2, -0.15) is 9.61 Å². The maximum Gasteiger partial charge on any atom is 0.235 e. The summed E-state index contributed by atoms with van der Waals surface area (Å²) in [5.74, 6) is 2.24. The lowest BCUT2D eigenvalue weighted by molar-refractivity contribution is 0.171. The van der Waals surface area contributed by atoms with Crippen molar-refractivity contribution in [1.29, 1.82) is 0 Å². The van der Waals surface area contributed by atoms with Gasteiger partial charge in [0.2, 0.25) is 4.96 Å². The quantitative estimate of drug-likeness (QED) is 0.494. The van der Waals surface area contributed by atoms with E-state index in [1.807, 2.05) is 42.5 Å². The zero-order valence-electron chi connectivity index (χ0n) is 12.8. The Morgan fingerprint density at radius 1 is 0.960 bits per heavy atom. The highest BCUT2D eigenvalue weighted by molar-refractivity contribution is 9.10. The summed E-state index contributed by atoms with van der Waals surface area (Å²) in [4.78, 5) is 0.750. The summed E-state index contributed by atoms with van der Waals surface area (Å²) in [5.41, 5.74) is 1.93. The molecule has 0 saturated heterocycles. The van der Waals surface area contributed by atoms with Gasteiger partial charge in [-0.3, -0.25) is 0 Å². The molecular weight excluding hydrogens is 404 g/mol. The summed E-state index contributed by atoms with van der Waals surface area (Å²) in [6.45, 7) is 1.15. The molecule has 0 saturated carbocycles. The van der Waals surface area contributed by atoms with Crippen LogP contribution >= 0.6 is 27.3 Å². The highest BCUT2D eigenvalue weighted by atomic mass is 79.9. The SMILES string of the molecule is Brc1cccc(-c2nnc3sc(-c4ccc5c(c4)OCCO5)nn23)c1. The molecule has 4 aromatic rings. The van der Waals surface area contributed by atoms with Crippen molar-refractivity contribution >= 4 is 32.2 Å². The van der Waals surface area contributed by atoms with Crippen molar-refractivity contribution in [1.82, 2.24) is 19.8 Å². The van der Waals surface area contributed by atoms with Gasteiger partial charge in [0.05, 0.1) is 0 Å². The largest absolute Gasteiger partial charge is 0.486 e. The second-order valence-corrected chi connectivity index (χ2v) is 7.37. The monoisotopic (exact) mass is 414 g/mol. The van der Waals surface area contributed by atoms with Crippen molar-refractivity contribution in [2.75, 3.05) is 13.2 Å². The van der Waals surface area contributed by atoms with Crippen molar-refractivity contribution in [2.45, 2.75) is 0 Å². The smallest absolute Gasteiger partial charge is 0.235 e. The molecule has 0 unspecified atom stereocenters. The normalized spacial score (nSPS) is 13.3. The Balaban J connectivity index is 1.60. The van der Waals surface area contributed by atoms with Gasteiger partial charge in [-0.15, -0.1) is 10.2 Å². The third-order valence-electron chi connectivity index (χ3n) is 3.86. The molecule has 5 rings (SSSR count). The molecule has 124 valence electrons. The molecule has 6 nitrogen and oxygen atoms in total. The van der Waals surface area contributed by atoms with E-state index in [1.54, 1.807) is 4.52 Å². The van der Waals surface area contributed by atoms with Gasteiger partial charge in [0.25, 0.3) is 0 Å². The van der Waals surface area contributed by atoms with Gasteiger partial charge in [-0.1, -0.05) is 39.4 Å². The molecule has 25 heavy (non-hydrogen) atoms. The van der Waals surface area contributed by atoms with E-state index in [9.17, 15) is 0 Å². The van der Waals surface area contributed by atoms with Crippen LogP contribution in [0.4, 0.5) is 0 Å². The maximum absolute atomic E-state index is 5.66. The highest BCUT2D eigenvalue weighted by Gasteiger charge is 2.17. The number of hydrogen-bond donors (Lipinski definition) is 0. The number of halogens is 1. The minimum Gasteiger partial charge on any atom is -0.486 e. The van der Waals surface area contributed by atoms with Gasteiger partial charge >= 0.3 is 0 Å². The minimum atomic E-state index is 0.564. The van der Waals surface area contributed by atoms with Crippen molar-refractivity contribution in [3.8, 4) is 33.5 Å². The molecule has 0 radical (unpaired) electrons. The Hall–Kier alpha value is -2.45. The molecule has 0 atom stereocenters. The number of benzene rings is 2. The highest BCUT2D eigenvalue weighted by Crippen LogP contribution is 2.36. The van der Waals surface area contributed by atoms with Crippen molar-refractivity contribution < 1.29 is 9.47 Å². The van der Waals surface area contributed by atoms with Crippen LogP contribution < -0.4 is 9.47 Å². The van der Waals surface area contributed by atoms with E-state index in [4.69, 9.17) is 14.6 Å². The van der Waals surface area contributed by atoms with Crippen LogP contribution in [0.25, 0.3) is 26.9 Å². The molecule has 0 fully saturated rings. The Labute approximate surface area is 155 Å². The van der Waals surface area contributed by atoms with E-state index in [2.05, 4.69) is 26.1 Å². The third kappa shape index (κ3) is 2.58. The summed E-state index contributed by atoms with van der Waals surface area (Å²) in [6, 6.07) is 13.8. The van der Waals surface area contributed by atoms with Crippen LogP contribution in [0.15, 0.2) is 46.9 Å². The Morgan fingerprint density at radius 3 is 2.72 bits per heavy atom. The van der Waals surface area contributed by atoms with Gasteiger partial charge in [-0.05, 0) is 30.3 Å². The number of rotatable bonds is 2. The van der Waals surface area contributed by atoms with Crippen LogP contribution in [0.1, 0.15) is 0 Å². The number of aromatic nitrogens is 4. The van der Waals surface area contributed by atoms with Crippen molar-refractivity contribution in [2.24, 2.45) is 0 Å². The Kier molecular flexibility index (Phi) is 3.46. The fourth-order valence-corrected chi connectivity index (χ4v) is 3.95. The van der Waals surface area contributed by atoms with Crippen LogP contribution in [-0.4, -0.2) is 33.0 Å². The molecule has 3 heterocycles. The molecule has 8 heteroatoms. The molecule has 2 aromatic carbocycles. The average Bonchev–Trinajstić information content (AvgIpc) is 3.22.